The van der Waals surface area contributed by atoms with Crippen molar-refractivity contribution < 1.29 is 38.0 Å². The average molecular weight is 759 g/mol. The molecule has 0 spiro atoms. The molecule has 0 bridgehead atoms. The zero-order chi connectivity index (χ0) is 38.7. The quantitative estimate of drug-likeness (QED) is 0.0838. The molecular weight excluding hydrogens is 701 g/mol. The first-order valence-electron chi connectivity index (χ1n) is 17.7. The number of ether oxygens (including phenoxy) is 4. The van der Waals surface area contributed by atoms with Crippen LogP contribution in [0.2, 0.25) is 36.3 Å². The van der Waals surface area contributed by atoms with E-state index in [0.717, 1.165) is 11.1 Å². The molecule has 8 atom stereocenters. The number of aliphatic hydroxyl groups excluding tert-OH is 2. The van der Waals surface area contributed by atoms with E-state index in [1.54, 1.807) is 0 Å². The molecule has 0 saturated carbocycles. The van der Waals surface area contributed by atoms with Crippen molar-refractivity contribution in [2.75, 3.05) is 13.2 Å². The molecule has 2 aromatic carbocycles. The van der Waals surface area contributed by atoms with Gasteiger partial charge in [0.15, 0.2) is 29.2 Å². The minimum atomic E-state index is -2.17. The van der Waals surface area contributed by atoms with Crippen molar-refractivity contribution in [1.82, 2.24) is 0 Å². The third-order valence-corrected chi connectivity index (χ3v) is 19.1. The number of hydrogen-bond acceptors (Lipinski definition) is 10. The predicted octanol–water partition coefficient (Wildman–Crippen LogP) is 7.98. The molecule has 52 heavy (non-hydrogen) atoms. The Morgan fingerprint density at radius 1 is 0.673 bits per heavy atom. The van der Waals surface area contributed by atoms with Crippen molar-refractivity contribution in [3.63, 3.8) is 0 Å². The first-order valence-corrected chi connectivity index (χ1v) is 23.5. The van der Waals surface area contributed by atoms with Crippen LogP contribution in [0.1, 0.15) is 52.7 Å². The minimum Gasteiger partial charge on any atom is -0.411 e. The van der Waals surface area contributed by atoms with Gasteiger partial charge in [0.05, 0.1) is 38.6 Å². The molecule has 288 valence electrons. The highest BCUT2D eigenvalue weighted by Gasteiger charge is 2.53. The first-order chi connectivity index (χ1) is 24.3. The highest BCUT2D eigenvalue weighted by Crippen LogP contribution is 2.43. The molecule has 0 radical (unpaired) electrons. The zero-order valence-corrected chi connectivity index (χ0v) is 34.2. The molecule has 2 aliphatic heterocycles. The smallest absolute Gasteiger partial charge is 0.195 e. The van der Waals surface area contributed by atoms with E-state index in [0.29, 0.717) is 19.8 Å². The summed E-state index contributed by atoms with van der Waals surface area (Å²) in [5.74, 6) is 0. The Labute approximate surface area is 310 Å². The van der Waals surface area contributed by atoms with E-state index < -0.39 is 59.6 Å². The van der Waals surface area contributed by atoms with Gasteiger partial charge in [0.2, 0.25) is 0 Å². The molecule has 2 N–H and O–H groups in total. The molecule has 0 aromatic heterocycles. The van der Waals surface area contributed by atoms with Gasteiger partial charge < -0.3 is 38.0 Å². The third kappa shape index (κ3) is 12.1. The lowest BCUT2D eigenvalue weighted by Gasteiger charge is -2.41. The number of rotatable bonds is 14. The van der Waals surface area contributed by atoms with Gasteiger partial charge in [-0.05, 0) is 58.5 Å². The van der Waals surface area contributed by atoms with E-state index in [4.69, 9.17) is 33.3 Å². The van der Waals surface area contributed by atoms with Crippen molar-refractivity contribution in [3.05, 3.63) is 92.7 Å². The van der Waals surface area contributed by atoms with E-state index in [1.165, 1.54) is 0 Å². The first kappa shape index (κ1) is 43.6. The van der Waals surface area contributed by atoms with Gasteiger partial charge in [-0.15, -0.1) is 0 Å². The van der Waals surface area contributed by atoms with Gasteiger partial charge in [0.1, 0.15) is 24.3 Å². The molecular formula is C36H58N6O8Si2. The number of hydrogen-bond donors (Lipinski definition) is 2. The lowest BCUT2D eigenvalue weighted by Crippen LogP contribution is -2.51. The predicted molar refractivity (Wildman–Crippen MR) is 204 cm³/mol. The number of benzene rings is 2. The molecule has 0 amide bonds. The molecule has 2 aliphatic rings. The lowest BCUT2D eigenvalue weighted by molar-refractivity contribution is -0.119. The largest absolute Gasteiger partial charge is 0.411 e. The van der Waals surface area contributed by atoms with E-state index >= 15 is 0 Å². The van der Waals surface area contributed by atoms with Gasteiger partial charge in [-0.3, -0.25) is 0 Å². The Bertz CT molecular complexity index is 1480. The van der Waals surface area contributed by atoms with Crippen LogP contribution in [0.25, 0.3) is 20.9 Å². The van der Waals surface area contributed by atoms with Gasteiger partial charge in [0, 0.05) is 9.82 Å². The summed E-state index contributed by atoms with van der Waals surface area (Å²) in [6.07, 6.45) is -4.52. The number of azide groups is 2. The summed E-state index contributed by atoms with van der Waals surface area (Å²) in [5, 5.41) is 26.7. The summed E-state index contributed by atoms with van der Waals surface area (Å²) in [5.41, 5.74) is 19.8. The molecule has 2 saturated heterocycles. The molecule has 4 rings (SSSR count). The van der Waals surface area contributed by atoms with Crippen LogP contribution in [-0.2, 0) is 41.0 Å². The highest BCUT2D eigenvalue weighted by atomic mass is 28.4. The Balaban J connectivity index is 0.000000323. The monoisotopic (exact) mass is 758 g/mol. The Hall–Kier alpha value is -2.83. The molecule has 0 aliphatic carbocycles. The van der Waals surface area contributed by atoms with E-state index in [1.807, 2.05) is 60.7 Å². The normalized spacial score (nSPS) is 26.5. The van der Waals surface area contributed by atoms with Gasteiger partial charge in [-0.25, -0.2) is 0 Å². The second kappa shape index (κ2) is 19.0. The summed E-state index contributed by atoms with van der Waals surface area (Å²) in [6, 6.07) is 18.0. The fourth-order valence-electron chi connectivity index (χ4n) is 5.03. The summed E-state index contributed by atoms with van der Waals surface area (Å²) in [4.78, 5) is 5.70. The maximum atomic E-state index is 9.82. The Kier molecular flexibility index (Phi) is 15.9. The fourth-order valence-corrected chi connectivity index (χ4v) is 7.49. The molecule has 2 aromatic rings. The second-order valence-corrected chi connectivity index (χ2v) is 25.7. The standard InChI is InChI=1S/C24H43N3O4Si2.C12H15N3O4/c1-23(2,3)32(7,8)30-21-19(17-28-16-18-14-12-11-13-15-18)29-22(20(21)26-27-25)31-33(9,10)24(4,5)6;13-15-14-10-11(16)9(19-12(10)17)7-18-6-8-4-2-1-3-5-8/h11-15,19-22H,16-17H2,1-10H3;1-5,9-12,16-17H,6-7H2/t19-,20+,21?,22+;9-,10+,11?,12?/m11/s1. The Morgan fingerprint density at radius 3 is 1.58 bits per heavy atom. The van der Waals surface area contributed by atoms with Crippen molar-refractivity contribution in [1.29, 1.82) is 0 Å². The topological polar surface area (TPSA) is 193 Å². The average Bonchev–Trinajstić information content (AvgIpc) is 3.51. The van der Waals surface area contributed by atoms with Crippen LogP contribution in [0.4, 0.5) is 0 Å². The van der Waals surface area contributed by atoms with E-state index in [9.17, 15) is 15.7 Å². The number of aliphatic hydroxyl groups is 2. The highest BCUT2D eigenvalue weighted by molar-refractivity contribution is 6.74. The molecule has 3 unspecified atom stereocenters. The van der Waals surface area contributed by atoms with Gasteiger partial charge in [-0.2, -0.15) is 0 Å². The van der Waals surface area contributed by atoms with Gasteiger partial charge >= 0.3 is 0 Å². The van der Waals surface area contributed by atoms with Crippen molar-refractivity contribution in [2.45, 2.75) is 140 Å². The van der Waals surface area contributed by atoms with E-state index in [-0.39, 0.29) is 22.8 Å². The summed E-state index contributed by atoms with van der Waals surface area (Å²) in [7, 11) is -4.35. The van der Waals surface area contributed by atoms with Gasteiger partial charge in [-0.1, -0.05) is 112 Å². The van der Waals surface area contributed by atoms with Crippen LogP contribution < -0.4 is 0 Å². The van der Waals surface area contributed by atoms with Crippen molar-refractivity contribution >= 4 is 16.6 Å². The summed E-state index contributed by atoms with van der Waals surface area (Å²) < 4.78 is 36.3. The summed E-state index contributed by atoms with van der Waals surface area (Å²) in [6.45, 7) is 23.2. The molecule has 16 heteroatoms. The maximum absolute atomic E-state index is 9.82. The van der Waals surface area contributed by atoms with Crippen LogP contribution in [0.5, 0.6) is 0 Å². The van der Waals surface area contributed by atoms with Crippen LogP contribution in [0.3, 0.4) is 0 Å². The van der Waals surface area contributed by atoms with Crippen molar-refractivity contribution in [2.24, 2.45) is 10.2 Å². The van der Waals surface area contributed by atoms with E-state index in [2.05, 4.69) is 87.8 Å². The Morgan fingerprint density at radius 2 is 1.12 bits per heavy atom. The van der Waals surface area contributed by atoms with Crippen LogP contribution >= 0.6 is 0 Å². The van der Waals surface area contributed by atoms with Crippen molar-refractivity contribution in [3.8, 4) is 0 Å². The molecule has 14 nitrogen and oxygen atoms in total. The summed E-state index contributed by atoms with van der Waals surface area (Å²) >= 11 is 0. The fraction of sp³-hybridized carbons (Fsp3) is 0.667. The third-order valence-electron chi connectivity index (χ3n) is 10.2. The van der Waals surface area contributed by atoms with Crippen LogP contribution in [0.15, 0.2) is 70.9 Å². The molecule has 2 fully saturated rings. The minimum absolute atomic E-state index is 0.00171. The lowest BCUT2D eigenvalue weighted by atomic mass is 10.1. The van der Waals surface area contributed by atoms with Gasteiger partial charge in [0.25, 0.3) is 0 Å². The maximum Gasteiger partial charge on any atom is 0.195 e. The SMILES string of the molecule is CC(C)(C)[Si](C)(C)OC1[C@@H](COCc2ccccc2)O[C@@H](O[Si](C)(C)C(C)(C)C)[C@H]1N=[N+]=[N-].[N-]=[N+]=N[C@@H]1C(O)O[C@H](COCc2ccccc2)C1O. The second-order valence-electron chi connectivity index (χ2n) is 16.2. The zero-order valence-electron chi connectivity index (χ0n) is 32.2. The van der Waals surface area contributed by atoms with Crippen LogP contribution in [-0.4, -0.2) is 89.1 Å². The molecule has 2 heterocycles. The van der Waals surface area contributed by atoms with Crippen LogP contribution in [0, 0.1) is 0 Å². The number of nitrogens with zero attached hydrogens (tertiary/aromatic N) is 6.